The van der Waals surface area contributed by atoms with Crippen LogP contribution in [0.1, 0.15) is 23.6 Å². The van der Waals surface area contributed by atoms with Crippen molar-refractivity contribution in [2.75, 3.05) is 20.3 Å². The Kier molecular flexibility index (Phi) is 6.01. The summed E-state index contributed by atoms with van der Waals surface area (Å²) < 4.78 is 16.3. The van der Waals surface area contributed by atoms with Crippen LogP contribution >= 0.6 is 0 Å². The number of aryl methyl sites for hydroxylation is 1. The first-order chi connectivity index (χ1) is 13.1. The number of amides is 1. The van der Waals surface area contributed by atoms with E-state index in [9.17, 15) is 4.79 Å². The molecule has 1 aliphatic heterocycles. The fourth-order valence-electron chi connectivity index (χ4n) is 3.01. The number of methoxy groups -OCH3 is 1. The van der Waals surface area contributed by atoms with Crippen LogP contribution in [0.15, 0.2) is 60.0 Å². The summed E-state index contributed by atoms with van der Waals surface area (Å²) >= 11 is 0. The van der Waals surface area contributed by atoms with Gasteiger partial charge in [0.05, 0.1) is 7.11 Å². The predicted octanol–water partition coefficient (Wildman–Crippen LogP) is 3.81. The maximum absolute atomic E-state index is 13.2. The Balaban J connectivity index is 1.87. The van der Waals surface area contributed by atoms with Crippen molar-refractivity contribution in [3.05, 3.63) is 76.7 Å². The van der Waals surface area contributed by atoms with Crippen LogP contribution in [0, 0.1) is 6.92 Å². The Morgan fingerprint density at radius 3 is 2.37 bits per heavy atom. The number of carbonyl (C=O) groups excluding carboxylic acids is 1. The van der Waals surface area contributed by atoms with Crippen molar-refractivity contribution in [1.82, 2.24) is 4.90 Å². The lowest BCUT2D eigenvalue weighted by Gasteiger charge is -2.27. The molecule has 5 heteroatoms. The van der Waals surface area contributed by atoms with Crippen molar-refractivity contribution in [2.45, 2.75) is 26.9 Å². The molecule has 2 aromatic rings. The van der Waals surface area contributed by atoms with Crippen LogP contribution in [-0.2, 0) is 27.4 Å². The molecule has 142 valence electrons. The lowest BCUT2D eigenvalue weighted by molar-refractivity contribution is -0.134. The van der Waals surface area contributed by atoms with E-state index in [2.05, 4.69) is 13.0 Å². The zero-order valence-electron chi connectivity index (χ0n) is 16.0. The number of hydrogen-bond acceptors (Lipinski definition) is 4. The minimum atomic E-state index is -0.161. The SMILES string of the molecule is COc1ccc(CN(Cc2ccccc2C)C(=O)C2=C(C)OCCO2)cc1. The van der Waals surface area contributed by atoms with Crippen LogP contribution in [0.25, 0.3) is 0 Å². The molecule has 0 unspecified atom stereocenters. The Morgan fingerprint density at radius 2 is 1.70 bits per heavy atom. The van der Waals surface area contributed by atoms with Crippen molar-refractivity contribution < 1.29 is 19.0 Å². The van der Waals surface area contributed by atoms with E-state index < -0.39 is 0 Å². The molecule has 1 amide bonds. The molecule has 0 atom stereocenters. The third-order valence-electron chi connectivity index (χ3n) is 4.60. The van der Waals surface area contributed by atoms with Gasteiger partial charge in [-0.2, -0.15) is 0 Å². The van der Waals surface area contributed by atoms with Gasteiger partial charge in [0.15, 0.2) is 0 Å². The molecule has 0 aromatic heterocycles. The summed E-state index contributed by atoms with van der Waals surface area (Å²) in [4.78, 5) is 15.0. The van der Waals surface area contributed by atoms with Crippen molar-refractivity contribution in [2.24, 2.45) is 0 Å². The van der Waals surface area contributed by atoms with Gasteiger partial charge in [-0.3, -0.25) is 4.79 Å². The summed E-state index contributed by atoms with van der Waals surface area (Å²) in [5.74, 6) is 1.46. The molecule has 3 rings (SSSR count). The zero-order valence-corrected chi connectivity index (χ0v) is 16.0. The van der Waals surface area contributed by atoms with Gasteiger partial charge in [0.1, 0.15) is 24.7 Å². The minimum Gasteiger partial charge on any atom is -0.497 e. The van der Waals surface area contributed by atoms with Gasteiger partial charge < -0.3 is 19.1 Å². The number of nitrogens with zero attached hydrogens (tertiary/aromatic N) is 1. The summed E-state index contributed by atoms with van der Waals surface area (Å²) in [6.45, 7) is 5.65. The molecule has 0 radical (unpaired) electrons. The molecule has 0 saturated carbocycles. The summed E-state index contributed by atoms with van der Waals surface area (Å²) in [5.41, 5.74) is 3.28. The average Bonchev–Trinajstić information content (AvgIpc) is 2.69. The monoisotopic (exact) mass is 367 g/mol. The Bertz CT molecular complexity index is 826. The number of benzene rings is 2. The molecular formula is C22H25NO4. The maximum atomic E-state index is 13.2. The first-order valence-corrected chi connectivity index (χ1v) is 9.01. The largest absolute Gasteiger partial charge is 0.497 e. The molecule has 27 heavy (non-hydrogen) atoms. The Hall–Kier alpha value is -2.95. The topological polar surface area (TPSA) is 48.0 Å². The van der Waals surface area contributed by atoms with Crippen molar-refractivity contribution in [1.29, 1.82) is 0 Å². The molecule has 2 aromatic carbocycles. The van der Waals surface area contributed by atoms with Gasteiger partial charge in [0.2, 0.25) is 5.76 Å². The normalized spacial score (nSPS) is 13.6. The van der Waals surface area contributed by atoms with E-state index in [0.717, 1.165) is 22.4 Å². The summed E-state index contributed by atoms with van der Waals surface area (Å²) in [6.07, 6.45) is 0. The van der Waals surface area contributed by atoms with Crippen LogP contribution in [-0.4, -0.2) is 31.1 Å². The van der Waals surface area contributed by atoms with Crippen LogP contribution in [0.2, 0.25) is 0 Å². The Labute approximate surface area is 160 Å². The molecule has 0 fully saturated rings. The standard InChI is InChI=1S/C22H25NO4/c1-16-6-4-5-7-19(16)15-23(14-18-8-10-20(25-3)11-9-18)22(24)21-17(2)26-12-13-27-21/h4-11H,12-15H2,1-3H3. The highest BCUT2D eigenvalue weighted by molar-refractivity contribution is 5.92. The summed E-state index contributed by atoms with van der Waals surface area (Å²) in [6, 6.07) is 15.8. The quantitative estimate of drug-likeness (QED) is 0.779. The smallest absolute Gasteiger partial charge is 0.293 e. The van der Waals surface area contributed by atoms with E-state index in [1.54, 1.807) is 18.9 Å². The van der Waals surface area contributed by atoms with E-state index in [-0.39, 0.29) is 5.91 Å². The first-order valence-electron chi connectivity index (χ1n) is 9.01. The van der Waals surface area contributed by atoms with E-state index in [1.807, 2.05) is 42.5 Å². The molecule has 0 bridgehead atoms. The molecule has 0 saturated heterocycles. The fraction of sp³-hybridized carbons (Fsp3) is 0.318. The molecular weight excluding hydrogens is 342 g/mol. The van der Waals surface area contributed by atoms with Gasteiger partial charge in [0, 0.05) is 13.1 Å². The number of allylic oxidation sites excluding steroid dienone is 1. The molecule has 0 spiro atoms. The van der Waals surface area contributed by atoms with Crippen LogP contribution < -0.4 is 4.74 Å². The molecule has 1 heterocycles. The van der Waals surface area contributed by atoms with Crippen molar-refractivity contribution in [3.63, 3.8) is 0 Å². The lowest BCUT2D eigenvalue weighted by Crippen LogP contribution is -2.34. The van der Waals surface area contributed by atoms with Gasteiger partial charge in [-0.15, -0.1) is 0 Å². The summed E-state index contributed by atoms with van der Waals surface area (Å²) in [7, 11) is 1.64. The van der Waals surface area contributed by atoms with Gasteiger partial charge in [-0.1, -0.05) is 36.4 Å². The second-order valence-corrected chi connectivity index (χ2v) is 6.52. The predicted molar refractivity (Wildman–Crippen MR) is 103 cm³/mol. The van der Waals surface area contributed by atoms with E-state index in [4.69, 9.17) is 14.2 Å². The second-order valence-electron chi connectivity index (χ2n) is 6.52. The minimum absolute atomic E-state index is 0.161. The molecule has 1 aliphatic rings. The van der Waals surface area contributed by atoms with Gasteiger partial charge in [-0.25, -0.2) is 0 Å². The highest BCUT2D eigenvalue weighted by Crippen LogP contribution is 2.21. The molecule has 5 nitrogen and oxygen atoms in total. The number of rotatable bonds is 6. The molecule has 0 N–H and O–H groups in total. The highest BCUT2D eigenvalue weighted by Gasteiger charge is 2.26. The maximum Gasteiger partial charge on any atom is 0.293 e. The zero-order chi connectivity index (χ0) is 19.2. The lowest BCUT2D eigenvalue weighted by atomic mass is 10.1. The fourth-order valence-corrected chi connectivity index (χ4v) is 3.01. The Morgan fingerprint density at radius 1 is 1.00 bits per heavy atom. The first kappa shape index (κ1) is 18.8. The van der Waals surface area contributed by atoms with E-state index in [1.165, 1.54) is 0 Å². The van der Waals surface area contributed by atoms with Crippen molar-refractivity contribution in [3.8, 4) is 5.75 Å². The third-order valence-corrected chi connectivity index (χ3v) is 4.60. The van der Waals surface area contributed by atoms with E-state index in [0.29, 0.717) is 37.8 Å². The number of carbonyl (C=O) groups is 1. The summed E-state index contributed by atoms with van der Waals surface area (Å²) in [5, 5.41) is 0. The van der Waals surface area contributed by atoms with E-state index >= 15 is 0 Å². The van der Waals surface area contributed by atoms with Gasteiger partial charge in [0.25, 0.3) is 5.91 Å². The second kappa shape index (κ2) is 8.62. The van der Waals surface area contributed by atoms with Crippen molar-refractivity contribution >= 4 is 5.91 Å². The van der Waals surface area contributed by atoms with Crippen LogP contribution in [0.5, 0.6) is 5.75 Å². The molecule has 0 aliphatic carbocycles. The number of hydrogen-bond donors (Lipinski definition) is 0. The number of ether oxygens (including phenoxy) is 3. The van der Waals surface area contributed by atoms with Crippen LogP contribution in [0.4, 0.5) is 0 Å². The highest BCUT2D eigenvalue weighted by atomic mass is 16.6. The average molecular weight is 367 g/mol. The van der Waals surface area contributed by atoms with Gasteiger partial charge in [-0.05, 0) is 42.7 Å². The van der Waals surface area contributed by atoms with Gasteiger partial charge >= 0.3 is 0 Å². The third kappa shape index (κ3) is 4.61. The van der Waals surface area contributed by atoms with Crippen LogP contribution in [0.3, 0.4) is 0 Å².